The molecule has 3 atom stereocenters. The molecule has 1 saturated carbocycles. The number of carbonyl (C=O) groups is 1. The van der Waals surface area contributed by atoms with Crippen molar-refractivity contribution in [1.29, 1.82) is 0 Å². The molecule has 21 heavy (non-hydrogen) atoms. The molecule has 1 fully saturated rings. The van der Waals surface area contributed by atoms with Gasteiger partial charge in [0.15, 0.2) is 0 Å². The van der Waals surface area contributed by atoms with Crippen molar-refractivity contribution in [3.8, 4) is 5.75 Å². The standard InChI is InChI=1S/C17H23NO3/c19-10-12-6-2-1-3-8-15(12)18-17(20)14-11-21-16-9-5-4-7-13(14)16/h4-5,7,9,12,14-15,19H,1-3,6,8,10-11H2,(H,18,20). The highest BCUT2D eigenvalue weighted by Crippen LogP contribution is 2.34. The average Bonchev–Trinajstić information content (AvgIpc) is 2.81. The first kappa shape index (κ1) is 14.4. The van der Waals surface area contributed by atoms with Crippen LogP contribution < -0.4 is 10.1 Å². The van der Waals surface area contributed by atoms with Crippen LogP contribution in [0.4, 0.5) is 0 Å². The maximum atomic E-state index is 12.6. The number of fused-ring (bicyclic) bond motifs is 1. The number of rotatable bonds is 3. The molecule has 3 unspecified atom stereocenters. The van der Waals surface area contributed by atoms with Gasteiger partial charge in [-0.1, -0.05) is 37.5 Å². The number of aliphatic hydroxyl groups is 1. The third kappa shape index (κ3) is 3.05. The Morgan fingerprint density at radius 1 is 1.24 bits per heavy atom. The molecule has 2 N–H and O–H groups in total. The molecule has 3 rings (SSSR count). The molecule has 0 spiro atoms. The van der Waals surface area contributed by atoms with Gasteiger partial charge in [-0.25, -0.2) is 0 Å². The van der Waals surface area contributed by atoms with Gasteiger partial charge < -0.3 is 15.2 Å². The number of amides is 1. The van der Waals surface area contributed by atoms with Crippen LogP contribution in [0.2, 0.25) is 0 Å². The molecule has 1 aromatic carbocycles. The molecule has 0 radical (unpaired) electrons. The Bertz CT molecular complexity index is 503. The SMILES string of the molecule is O=C(NC1CCCCCC1CO)C1COc2ccccc21. The zero-order chi connectivity index (χ0) is 14.7. The molecule has 4 heteroatoms. The maximum absolute atomic E-state index is 12.6. The summed E-state index contributed by atoms with van der Waals surface area (Å²) in [5.41, 5.74) is 0.976. The number of hydrogen-bond donors (Lipinski definition) is 2. The minimum Gasteiger partial charge on any atom is -0.492 e. The van der Waals surface area contributed by atoms with Crippen LogP contribution >= 0.6 is 0 Å². The highest BCUT2D eigenvalue weighted by atomic mass is 16.5. The Balaban J connectivity index is 1.68. The molecular formula is C17H23NO3. The molecule has 1 heterocycles. The Morgan fingerprint density at radius 3 is 2.90 bits per heavy atom. The predicted octanol–water partition coefficient (Wildman–Crippen LogP) is 2.22. The topological polar surface area (TPSA) is 58.6 Å². The van der Waals surface area contributed by atoms with Crippen LogP contribution in [0, 0.1) is 5.92 Å². The summed E-state index contributed by atoms with van der Waals surface area (Å²) in [6.45, 7) is 0.574. The first-order valence-corrected chi connectivity index (χ1v) is 7.92. The third-order valence-electron chi connectivity index (χ3n) is 4.74. The van der Waals surface area contributed by atoms with Gasteiger partial charge in [-0.05, 0) is 18.9 Å². The molecule has 0 bridgehead atoms. The van der Waals surface area contributed by atoms with Crippen LogP contribution in [0.5, 0.6) is 5.75 Å². The fraction of sp³-hybridized carbons (Fsp3) is 0.588. The second-order valence-electron chi connectivity index (χ2n) is 6.10. The molecular weight excluding hydrogens is 266 g/mol. The highest BCUT2D eigenvalue weighted by Gasteiger charge is 2.33. The number of nitrogens with one attached hydrogen (secondary N) is 1. The van der Waals surface area contributed by atoms with Gasteiger partial charge in [0.2, 0.25) is 5.91 Å². The smallest absolute Gasteiger partial charge is 0.231 e. The molecule has 0 aromatic heterocycles. The van der Waals surface area contributed by atoms with Crippen LogP contribution in [-0.2, 0) is 4.79 Å². The van der Waals surface area contributed by atoms with Gasteiger partial charge >= 0.3 is 0 Å². The lowest BCUT2D eigenvalue weighted by atomic mass is 9.94. The van der Waals surface area contributed by atoms with E-state index in [0.29, 0.717) is 6.61 Å². The molecule has 2 aliphatic rings. The number of hydrogen-bond acceptors (Lipinski definition) is 3. The minimum absolute atomic E-state index is 0.0327. The summed E-state index contributed by atoms with van der Waals surface area (Å²) in [5, 5.41) is 12.7. The van der Waals surface area contributed by atoms with Crippen LogP contribution in [0.3, 0.4) is 0 Å². The van der Waals surface area contributed by atoms with Gasteiger partial charge in [-0.15, -0.1) is 0 Å². The normalized spacial score (nSPS) is 28.3. The van der Waals surface area contributed by atoms with Gasteiger partial charge in [0.25, 0.3) is 0 Å². The van der Waals surface area contributed by atoms with E-state index in [0.717, 1.165) is 37.0 Å². The van der Waals surface area contributed by atoms with Crippen LogP contribution in [0.25, 0.3) is 0 Å². The van der Waals surface area contributed by atoms with E-state index >= 15 is 0 Å². The minimum atomic E-state index is -0.219. The van der Waals surface area contributed by atoms with Crippen molar-refractivity contribution in [2.75, 3.05) is 13.2 Å². The molecule has 114 valence electrons. The van der Waals surface area contributed by atoms with E-state index in [1.807, 2.05) is 24.3 Å². The lowest BCUT2D eigenvalue weighted by molar-refractivity contribution is -0.124. The number of para-hydroxylation sites is 1. The summed E-state index contributed by atoms with van der Waals surface area (Å²) in [6.07, 6.45) is 5.43. The van der Waals surface area contributed by atoms with E-state index in [2.05, 4.69) is 5.32 Å². The lowest BCUT2D eigenvalue weighted by Crippen LogP contribution is -2.43. The second kappa shape index (κ2) is 6.48. The van der Waals surface area contributed by atoms with Gasteiger partial charge in [0, 0.05) is 24.1 Å². The average molecular weight is 289 g/mol. The largest absolute Gasteiger partial charge is 0.492 e. The number of ether oxygens (including phenoxy) is 1. The molecule has 1 aliphatic carbocycles. The molecule has 4 nitrogen and oxygen atoms in total. The quantitative estimate of drug-likeness (QED) is 0.839. The van der Waals surface area contributed by atoms with Crippen LogP contribution in [0.1, 0.15) is 43.6 Å². The fourth-order valence-electron chi connectivity index (χ4n) is 3.46. The summed E-state index contributed by atoms with van der Waals surface area (Å²) < 4.78 is 5.59. The predicted molar refractivity (Wildman–Crippen MR) is 80.3 cm³/mol. The Kier molecular flexibility index (Phi) is 4.44. The summed E-state index contributed by atoms with van der Waals surface area (Å²) in [5.74, 6) is 0.820. The summed E-state index contributed by atoms with van der Waals surface area (Å²) in [4.78, 5) is 12.6. The van der Waals surface area contributed by atoms with Crippen LogP contribution in [-0.4, -0.2) is 30.3 Å². The van der Waals surface area contributed by atoms with Gasteiger partial charge in [0.1, 0.15) is 18.3 Å². The van der Waals surface area contributed by atoms with E-state index in [1.54, 1.807) is 0 Å². The van der Waals surface area contributed by atoms with E-state index < -0.39 is 0 Å². The first-order valence-electron chi connectivity index (χ1n) is 7.92. The monoisotopic (exact) mass is 289 g/mol. The Labute approximate surface area is 125 Å². The van der Waals surface area contributed by atoms with E-state index in [9.17, 15) is 9.90 Å². The lowest BCUT2D eigenvalue weighted by Gasteiger charge is -2.25. The number of aliphatic hydroxyl groups excluding tert-OH is 1. The summed E-state index contributed by atoms with van der Waals surface area (Å²) in [6, 6.07) is 7.83. The van der Waals surface area contributed by atoms with Gasteiger partial charge in [-0.2, -0.15) is 0 Å². The van der Waals surface area contributed by atoms with Crippen molar-refractivity contribution in [3.05, 3.63) is 29.8 Å². The summed E-state index contributed by atoms with van der Waals surface area (Å²) >= 11 is 0. The molecule has 1 aliphatic heterocycles. The van der Waals surface area contributed by atoms with Crippen molar-refractivity contribution in [3.63, 3.8) is 0 Å². The van der Waals surface area contributed by atoms with Crippen molar-refractivity contribution < 1.29 is 14.6 Å². The third-order valence-corrected chi connectivity index (χ3v) is 4.74. The number of carbonyl (C=O) groups excluding carboxylic acids is 1. The van der Waals surface area contributed by atoms with Crippen molar-refractivity contribution in [2.45, 2.75) is 44.1 Å². The first-order chi connectivity index (χ1) is 10.3. The highest BCUT2D eigenvalue weighted by molar-refractivity contribution is 5.85. The molecule has 0 saturated heterocycles. The van der Waals surface area contributed by atoms with E-state index in [1.165, 1.54) is 6.42 Å². The number of benzene rings is 1. The Morgan fingerprint density at radius 2 is 2.05 bits per heavy atom. The molecule has 1 amide bonds. The van der Waals surface area contributed by atoms with Crippen LogP contribution in [0.15, 0.2) is 24.3 Å². The van der Waals surface area contributed by atoms with Crippen molar-refractivity contribution in [1.82, 2.24) is 5.32 Å². The Hall–Kier alpha value is -1.55. The summed E-state index contributed by atoms with van der Waals surface area (Å²) in [7, 11) is 0. The molecule has 1 aromatic rings. The van der Waals surface area contributed by atoms with E-state index in [-0.39, 0.29) is 30.4 Å². The fourth-order valence-corrected chi connectivity index (χ4v) is 3.46. The van der Waals surface area contributed by atoms with Crippen molar-refractivity contribution in [2.24, 2.45) is 5.92 Å². The van der Waals surface area contributed by atoms with Gasteiger partial charge in [-0.3, -0.25) is 4.79 Å². The van der Waals surface area contributed by atoms with Crippen molar-refractivity contribution >= 4 is 5.91 Å². The zero-order valence-electron chi connectivity index (χ0n) is 12.3. The van der Waals surface area contributed by atoms with Gasteiger partial charge in [0.05, 0.1) is 0 Å². The maximum Gasteiger partial charge on any atom is 0.231 e. The zero-order valence-corrected chi connectivity index (χ0v) is 12.3. The van der Waals surface area contributed by atoms with E-state index in [4.69, 9.17) is 4.74 Å². The second-order valence-corrected chi connectivity index (χ2v) is 6.10.